The van der Waals surface area contributed by atoms with E-state index in [1.54, 1.807) is 22.9 Å². The maximum absolute atomic E-state index is 13.1. The first-order valence-corrected chi connectivity index (χ1v) is 3.77. The fourth-order valence-electron chi connectivity index (χ4n) is 1.06. The molecule has 0 N–H and O–H groups in total. The summed E-state index contributed by atoms with van der Waals surface area (Å²) >= 11 is 0. The molecule has 0 bridgehead atoms. The van der Waals surface area contributed by atoms with Gasteiger partial charge in [0.2, 0.25) is 0 Å². The van der Waals surface area contributed by atoms with Crippen LogP contribution in [0.3, 0.4) is 0 Å². The zero-order valence-corrected chi connectivity index (χ0v) is 7.21. The highest BCUT2D eigenvalue weighted by Gasteiger charge is 2.16. The Bertz CT molecular complexity index is 301. The van der Waals surface area contributed by atoms with Gasteiger partial charge < -0.3 is 4.57 Å². The molecule has 0 radical (unpaired) electrons. The number of nitriles is 1. The van der Waals surface area contributed by atoms with E-state index >= 15 is 0 Å². The highest BCUT2D eigenvalue weighted by Crippen LogP contribution is 2.13. The maximum atomic E-state index is 13.1. The molecule has 1 heterocycles. The van der Waals surface area contributed by atoms with Crippen LogP contribution in [0.15, 0.2) is 18.3 Å². The number of rotatable bonds is 2. The van der Waals surface area contributed by atoms with Gasteiger partial charge in [-0.1, -0.05) is 0 Å². The van der Waals surface area contributed by atoms with Gasteiger partial charge in [0.05, 0.1) is 6.54 Å². The first-order chi connectivity index (χ1) is 5.53. The lowest BCUT2D eigenvalue weighted by Crippen LogP contribution is -2.21. The number of alkyl halides is 1. The molecule has 3 heteroatoms. The van der Waals surface area contributed by atoms with Gasteiger partial charge in [-0.05, 0) is 26.0 Å². The van der Waals surface area contributed by atoms with Crippen LogP contribution in [0.25, 0.3) is 0 Å². The van der Waals surface area contributed by atoms with Gasteiger partial charge in [0.25, 0.3) is 0 Å². The summed E-state index contributed by atoms with van der Waals surface area (Å²) in [7, 11) is 0. The number of aromatic nitrogens is 1. The fraction of sp³-hybridized carbons (Fsp3) is 0.444. The van der Waals surface area contributed by atoms with Crippen molar-refractivity contribution in [1.82, 2.24) is 4.57 Å². The van der Waals surface area contributed by atoms with Crippen molar-refractivity contribution in [2.24, 2.45) is 0 Å². The third kappa shape index (κ3) is 2.09. The second-order valence-electron chi connectivity index (χ2n) is 3.35. The first kappa shape index (κ1) is 8.79. The van der Waals surface area contributed by atoms with Crippen molar-refractivity contribution >= 4 is 0 Å². The Labute approximate surface area is 71.2 Å². The molecule has 0 spiro atoms. The van der Waals surface area contributed by atoms with Crippen molar-refractivity contribution in [3.8, 4) is 6.07 Å². The van der Waals surface area contributed by atoms with Gasteiger partial charge in [0.1, 0.15) is 17.4 Å². The van der Waals surface area contributed by atoms with Crippen LogP contribution in [0.1, 0.15) is 19.5 Å². The van der Waals surface area contributed by atoms with E-state index in [4.69, 9.17) is 5.26 Å². The highest BCUT2D eigenvalue weighted by molar-refractivity contribution is 5.22. The molecular weight excluding hydrogens is 155 g/mol. The van der Waals surface area contributed by atoms with Gasteiger partial charge in [-0.2, -0.15) is 5.26 Å². The average molecular weight is 166 g/mol. The Hall–Kier alpha value is -1.30. The molecular formula is C9H11FN2. The SMILES string of the molecule is CC(C)(F)Cn1cccc1C#N. The highest BCUT2D eigenvalue weighted by atomic mass is 19.1. The minimum atomic E-state index is -1.27. The van der Waals surface area contributed by atoms with Gasteiger partial charge in [0.15, 0.2) is 0 Å². The lowest BCUT2D eigenvalue weighted by molar-refractivity contribution is 0.186. The zero-order chi connectivity index (χ0) is 9.19. The van der Waals surface area contributed by atoms with Crippen LogP contribution in [0.4, 0.5) is 4.39 Å². The van der Waals surface area contributed by atoms with E-state index in [1.165, 1.54) is 13.8 Å². The molecule has 0 saturated heterocycles. The summed E-state index contributed by atoms with van der Waals surface area (Å²) in [5, 5.41) is 8.61. The van der Waals surface area contributed by atoms with Crippen LogP contribution < -0.4 is 0 Å². The third-order valence-corrected chi connectivity index (χ3v) is 1.49. The summed E-state index contributed by atoms with van der Waals surface area (Å²) < 4.78 is 14.7. The molecule has 0 aliphatic rings. The summed E-state index contributed by atoms with van der Waals surface area (Å²) in [5.74, 6) is 0. The first-order valence-electron chi connectivity index (χ1n) is 3.77. The molecule has 0 aliphatic heterocycles. The molecule has 2 nitrogen and oxygen atoms in total. The summed E-state index contributed by atoms with van der Waals surface area (Å²) in [5.41, 5.74) is -0.773. The summed E-state index contributed by atoms with van der Waals surface area (Å²) in [6, 6.07) is 5.41. The van der Waals surface area contributed by atoms with Gasteiger partial charge in [-0.25, -0.2) is 4.39 Å². The van der Waals surface area contributed by atoms with Crippen molar-refractivity contribution < 1.29 is 4.39 Å². The van der Waals surface area contributed by atoms with Crippen LogP contribution >= 0.6 is 0 Å². The number of hydrogen-bond acceptors (Lipinski definition) is 1. The third-order valence-electron chi connectivity index (χ3n) is 1.49. The second kappa shape index (κ2) is 2.98. The molecule has 0 fully saturated rings. The van der Waals surface area contributed by atoms with Gasteiger partial charge in [-0.15, -0.1) is 0 Å². The van der Waals surface area contributed by atoms with E-state index in [0.29, 0.717) is 5.69 Å². The second-order valence-corrected chi connectivity index (χ2v) is 3.35. The molecule has 1 rings (SSSR count). The van der Waals surface area contributed by atoms with Crippen LogP contribution in [-0.2, 0) is 6.54 Å². The van der Waals surface area contributed by atoms with E-state index in [0.717, 1.165) is 0 Å². The molecule has 64 valence electrons. The van der Waals surface area contributed by atoms with Crippen LogP contribution in [0.5, 0.6) is 0 Å². The Morgan fingerprint density at radius 3 is 2.83 bits per heavy atom. The molecule has 0 unspecified atom stereocenters. The maximum Gasteiger partial charge on any atom is 0.123 e. The molecule has 0 atom stereocenters. The van der Waals surface area contributed by atoms with Crippen LogP contribution in [0, 0.1) is 11.3 Å². The van der Waals surface area contributed by atoms with Gasteiger partial charge in [0, 0.05) is 6.20 Å². The normalized spacial score (nSPS) is 11.2. The van der Waals surface area contributed by atoms with Crippen molar-refractivity contribution in [2.75, 3.05) is 0 Å². The Morgan fingerprint density at radius 2 is 2.33 bits per heavy atom. The van der Waals surface area contributed by atoms with Crippen LogP contribution in [0.2, 0.25) is 0 Å². The minimum absolute atomic E-state index is 0.225. The largest absolute Gasteiger partial charge is 0.336 e. The Morgan fingerprint density at radius 1 is 1.67 bits per heavy atom. The molecule has 1 aromatic heterocycles. The predicted molar refractivity (Wildman–Crippen MR) is 44.3 cm³/mol. The van der Waals surface area contributed by atoms with Crippen molar-refractivity contribution in [3.05, 3.63) is 24.0 Å². The quantitative estimate of drug-likeness (QED) is 0.661. The zero-order valence-electron chi connectivity index (χ0n) is 7.21. The summed E-state index contributed by atoms with van der Waals surface area (Å²) in [6.45, 7) is 3.21. The van der Waals surface area contributed by atoms with E-state index in [9.17, 15) is 4.39 Å². The number of nitrogens with zero attached hydrogens (tertiary/aromatic N) is 2. The fourth-order valence-corrected chi connectivity index (χ4v) is 1.06. The lowest BCUT2D eigenvalue weighted by atomic mass is 10.2. The Kier molecular flexibility index (Phi) is 2.18. The van der Waals surface area contributed by atoms with E-state index < -0.39 is 5.67 Å². The number of hydrogen-bond donors (Lipinski definition) is 0. The van der Waals surface area contributed by atoms with Gasteiger partial charge >= 0.3 is 0 Å². The monoisotopic (exact) mass is 166 g/mol. The Balaban J connectivity index is 2.84. The lowest BCUT2D eigenvalue weighted by Gasteiger charge is -2.15. The summed E-state index contributed by atoms with van der Waals surface area (Å²) in [6.07, 6.45) is 1.71. The molecule has 0 amide bonds. The van der Waals surface area contributed by atoms with Crippen LogP contribution in [-0.4, -0.2) is 10.2 Å². The molecule has 0 saturated carbocycles. The number of halogens is 1. The average Bonchev–Trinajstić information content (AvgIpc) is 2.31. The van der Waals surface area contributed by atoms with E-state index in [-0.39, 0.29) is 6.54 Å². The molecule has 0 aliphatic carbocycles. The summed E-state index contributed by atoms with van der Waals surface area (Å²) in [4.78, 5) is 0. The van der Waals surface area contributed by atoms with Crippen molar-refractivity contribution in [3.63, 3.8) is 0 Å². The standard InChI is InChI=1S/C9H11FN2/c1-9(2,10)7-12-5-3-4-8(12)6-11/h3-5H,7H2,1-2H3. The molecule has 12 heavy (non-hydrogen) atoms. The molecule has 1 aromatic rings. The topological polar surface area (TPSA) is 28.7 Å². The predicted octanol–water partition coefficient (Wildman–Crippen LogP) is 2.11. The minimum Gasteiger partial charge on any atom is -0.336 e. The smallest absolute Gasteiger partial charge is 0.123 e. The van der Waals surface area contributed by atoms with E-state index in [1.807, 2.05) is 6.07 Å². The van der Waals surface area contributed by atoms with Crippen molar-refractivity contribution in [2.45, 2.75) is 26.1 Å². The van der Waals surface area contributed by atoms with Gasteiger partial charge in [-0.3, -0.25) is 0 Å². The van der Waals surface area contributed by atoms with Crippen molar-refractivity contribution in [1.29, 1.82) is 5.26 Å². The van der Waals surface area contributed by atoms with E-state index in [2.05, 4.69) is 0 Å². The molecule has 0 aromatic carbocycles.